The molecule has 1 atom stereocenters. The summed E-state index contributed by atoms with van der Waals surface area (Å²) in [4.78, 5) is 19.2. The third kappa shape index (κ3) is 4.12. The van der Waals surface area contributed by atoms with Crippen LogP contribution in [-0.4, -0.2) is 98.3 Å². The van der Waals surface area contributed by atoms with Gasteiger partial charge in [-0.1, -0.05) is 13.0 Å². The van der Waals surface area contributed by atoms with E-state index >= 15 is 0 Å². The van der Waals surface area contributed by atoms with Gasteiger partial charge in [0.1, 0.15) is 4.21 Å². The van der Waals surface area contributed by atoms with Crippen LogP contribution in [0.5, 0.6) is 0 Å². The molecule has 2 saturated heterocycles. The predicted molar refractivity (Wildman–Crippen MR) is 103 cm³/mol. The SMILES string of the molecule is CCN1CCN(C(=O)[C@H](C)N2CCN(S(=O)(=O)c3cccs3)CC2)CC1. The van der Waals surface area contributed by atoms with Crippen LogP contribution < -0.4 is 0 Å². The van der Waals surface area contributed by atoms with Crippen LogP contribution in [0.25, 0.3) is 0 Å². The van der Waals surface area contributed by atoms with E-state index in [9.17, 15) is 13.2 Å². The summed E-state index contributed by atoms with van der Waals surface area (Å²) in [6, 6.07) is 3.20. The van der Waals surface area contributed by atoms with E-state index in [2.05, 4.69) is 16.7 Å². The number of hydrogen-bond donors (Lipinski definition) is 0. The molecule has 1 aromatic heterocycles. The zero-order chi connectivity index (χ0) is 18.7. The van der Waals surface area contributed by atoms with Gasteiger partial charge in [-0.15, -0.1) is 11.3 Å². The molecule has 0 bridgehead atoms. The lowest BCUT2D eigenvalue weighted by molar-refractivity contribution is -0.138. The molecule has 0 saturated carbocycles. The maximum atomic E-state index is 12.8. The summed E-state index contributed by atoms with van der Waals surface area (Å²) < 4.78 is 27.1. The molecule has 1 aromatic rings. The zero-order valence-corrected chi connectivity index (χ0v) is 17.1. The van der Waals surface area contributed by atoms with Crippen molar-refractivity contribution in [3.05, 3.63) is 17.5 Å². The Hall–Kier alpha value is -1.00. The standard InChI is InChI=1S/C17H28N4O3S2/c1-3-18-6-8-20(9-7-18)17(22)15(2)19-10-12-21(13-11-19)26(23,24)16-5-4-14-25-16/h4-5,14-15H,3,6-13H2,1-2H3/t15-/m0/s1. The van der Waals surface area contributed by atoms with Gasteiger partial charge in [0.05, 0.1) is 6.04 Å². The number of nitrogens with zero attached hydrogens (tertiary/aromatic N) is 4. The van der Waals surface area contributed by atoms with Crippen LogP contribution >= 0.6 is 11.3 Å². The molecule has 1 amide bonds. The van der Waals surface area contributed by atoms with Crippen LogP contribution in [0.3, 0.4) is 0 Å². The largest absolute Gasteiger partial charge is 0.339 e. The Morgan fingerprint density at radius 2 is 1.77 bits per heavy atom. The average molecular weight is 401 g/mol. The van der Waals surface area contributed by atoms with Gasteiger partial charge in [0.2, 0.25) is 5.91 Å². The van der Waals surface area contributed by atoms with E-state index in [1.165, 1.54) is 15.6 Å². The Morgan fingerprint density at radius 1 is 1.12 bits per heavy atom. The number of carbonyl (C=O) groups excluding carboxylic acids is 1. The van der Waals surface area contributed by atoms with Gasteiger partial charge in [-0.2, -0.15) is 4.31 Å². The zero-order valence-electron chi connectivity index (χ0n) is 15.5. The molecular formula is C17H28N4O3S2. The molecule has 0 N–H and O–H groups in total. The fraction of sp³-hybridized carbons (Fsp3) is 0.706. The Balaban J connectivity index is 1.54. The molecule has 2 aliphatic heterocycles. The molecule has 0 aliphatic carbocycles. The molecule has 0 unspecified atom stereocenters. The Morgan fingerprint density at radius 3 is 2.31 bits per heavy atom. The first-order valence-corrected chi connectivity index (χ1v) is 11.5. The summed E-state index contributed by atoms with van der Waals surface area (Å²) in [5.74, 6) is 0.162. The first-order valence-electron chi connectivity index (χ1n) is 9.22. The van der Waals surface area contributed by atoms with Crippen molar-refractivity contribution in [3.8, 4) is 0 Å². The average Bonchev–Trinajstić information content (AvgIpc) is 3.23. The van der Waals surface area contributed by atoms with Crippen molar-refractivity contribution in [2.75, 3.05) is 58.9 Å². The Labute approximate surface area is 160 Å². The van der Waals surface area contributed by atoms with E-state index in [4.69, 9.17) is 0 Å². The summed E-state index contributed by atoms with van der Waals surface area (Å²) in [6.45, 7) is 10.6. The topological polar surface area (TPSA) is 64.2 Å². The molecule has 9 heteroatoms. The minimum atomic E-state index is -3.39. The number of sulfonamides is 1. The maximum absolute atomic E-state index is 12.8. The number of piperazine rings is 2. The number of hydrogen-bond acceptors (Lipinski definition) is 6. The molecule has 7 nitrogen and oxygen atoms in total. The van der Waals surface area contributed by atoms with Crippen LogP contribution in [0.4, 0.5) is 0 Å². The van der Waals surface area contributed by atoms with Gasteiger partial charge in [0, 0.05) is 52.4 Å². The van der Waals surface area contributed by atoms with Gasteiger partial charge in [-0.05, 0) is 24.9 Å². The number of likely N-dealkylation sites (N-methyl/N-ethyl adjacent to an activating group) is 1. The van der Waals surface area contributed by atoms with Gasteiger partial charge in [0.15, 0.2) is 0 Å². The monoisotopic (exact) mass is 400 g/mol. The van der Waals surface area contributed by atoms with Gasteiger partial charge >= 0.3 is 0 Å². The van der Waals surface area contributed by atoms with Gasteiger partial charge in [-0.3, -0.25) is 9.69 Å². The van der Waals surface area contributed by atoms with E-state index < -0.39 is 10.0 Å². The molecule has 0 spiro atoms. The van der Waals surface area contributed by atoms with Gasteiger partial charge < -0.3 is 9.80 Å². The lowest BCUT2D eigenvalue weighted by atomic mass is 10.2. The van der Waals surface area contributed by atoms with E-state index in [1.54, 1.807) is 17.5 Å². The molecule has 26 heavy (non-hydrogen) atoms. The normalized spacial score (nSPS) is 22.5. The first-order chi connectivity index (χ1) is 12.4. The quantitative estimate of drug-likeness (QED) is 0.725. The van der Waals surface area contributed by atoms with E-state index in [0.29, 0.717) is 30.4 Å². The minimum absolute atomic E-state index is 0.162. The van der Waals surface area contributed by atoms with E-state index in [-0.39, 0.29) is 11.9 Å². The summed E-state index contributed by atoms with van der Waals surface area (Å²) in [7, 11) is -3.39. The summed E-state index contributed by atoms with van der Waals surface area (Å²) >= 11 is 1.25. The maximum Gasteiger partial charge on any atom is 0.252 e. The summed E-state index contributed by atoms with van der Waals surface area (Å²) in [6.07, 6.45) is 0. The van der Waals surface area contributed by atoms with Gasteiger partial charge in [0.25, 0.3) is 10.0 Å². The van der Waals surface area contributed by atoms with Crippen LogP contribution in [0.1, 0.15) is 13.8 Å². The second-order valence-corrected chi connectivity index (χ2v) is 9.92. The second-order valence-electron chi connectivity index (χ2n) is 6.81. The van der Waals surface area contributed by atoms with Crippen molar-refractivity contribution in [1.29, 1.82) is 0 Å². The van der Waals surface area contributed by atoms with E-state index in [0.717, 1.165) is 32.7 Å². The highest BCUT2D eigenvalue weighted by Gasteiger charge is 2.34. The molecular weight excluding hydrogens is 372 g/mol. The number of rotatable bonds is 5. The first kappa shape index (κ1) is 19.8. The molecule has 3 heterocycles. The molecule has 2 aliphatic rings. The van der Waals surface area contributed by atoms with Crippen LogP contribution in [0.2, 0.25) is 0 Å². The van der Waals surface area contributed by atoms with Crippen molar-refractivity contribution >= 4 is 27.3 Å². The lowest BCUT2D eigenvalue weighted by Crippen LogP contribution is -2.57. The molecule has 146 valence electrons. The third-order valence-electron chi connectivity index (χ3n) is 5.40. The fourth-order valence-corrected chi connectivity index (χ4v) is 6.14. The highest BCUT2D eigenvalue weighted by molar-refractivity contribution is 7.91. The number of amides is 1. The van der Waals surface area contributed by atoms with E-state index in [1.807, 2.05) is 11.8 Å². The molecule has 0 radical (unpaired) electrons. The number of thiophene rings is 1. The predicted octanol–water partition coefficient (Wildman–Crippen LogP) is 0.607. The van der Waals surface area contributed by atoms with Crippen LogP contribution in [-0.2, 0) is 14.8 Å². The summed E-state index contributed by atoms with van der Waals surface area (Å²) in [5.41, 5.74) is 0. The highest BCUT2D eigenvalue weighted by atomic mass is 32.2. The molecule has 3 rings (SSSR count). The second kappa shape index (κ2) is 8.35. The summed E-state index contributed by atoms with van der Waals surface area (Å²) in [5, 5.41) is 1.78. The lowest BCUT2D eigenvalue weighted by Gasteiger charge is -2.40. The number of carbonyl (C=O) groups is 1. The molecule has 2 fully saturated rings. The molecule has 0 aromatic carbocycles. The van der Waals surface area contributed by atoms with Crippen molar-refractivity contribution in [2.24, 2.45) is 0 Å². The smallest absolute Gasteiger partial charge is 0.252 e. The van der Waals surface area contributed by atoms with Crippen LogP contribution in [0.15, 0.2) is 21.7 Å². The van der Waals surface area contributed by atoms with Crippen molar-refractivity contribution in [3.63, 3.8) is 0 Å². The minimum Gasteiger partial charge on any atom is -0.339 e. The van der Waals surface area contributed by atoms with Crippen LogP contribution in [0, 0.1) is 0 Å². The van der Waals surface area contributed by atoms with Crippen molar-refractivity contribution < 1.29 is 13.2 Å². The van der Waals surface area contributed by atoms with Crippen molar-refractivity contribution in [2.45, 2.75) is 24.1 Å². The van der Waals surface area contributed by atoms with Gasteiger partial charge in [-0.25, -0.2) is 8.42 Å². The fourth-order valence-electron chi connectivity index (χ4n) is 3.57. The highest BCUT2D eigenvalue weighted by Crippen LogP contribution is 2.22. The van der Waals surface area contributed by atoms with Crippen molar-refractivity contribution in [1.82, 2.24) is 19.0 Å². The Bertz CT molecular complexity index is 692. The third-order valence-corrected chi connectivity index (χ3v) is 8.67. The Kier molecular flexibility index (Phi) is 6.34.